The molecule has 210 valence electrons. The molecule has 2 heterocycles. The first-order valence-electron chi connectivity index (χ1n) is 14.1. The van der Waals surface area contributed by atoms with Crippen LogP contribution in [0.25, 0.3) is 11.1 Å². The highest BCUT2D eigenvalue weighted by Gasteiger charge is 2.41. The van der Waals surface area contributed by atoms with Crippen molar-refractivity contribution in [1.29, 1.82) is 0 Å². The predicted octanol–water partition coefficient (Wildman–Crippen LogP) is 7.98. The maximum Gasteiger partial charge on any atom is 0.245 e. The molecule has 0 N–H and O–H groups in total. The average Bonchev–Trinajstić information content (AvgIpc) is 3.50. The van der Waals surface area contributed by atoms with Gasteiger partial charge < -0.3 is 4.90 Å². The van der Waals surface area contributed by atoms with Crippen molar-refractivity contribution < 1.29 is 12.8 Å². The molecule has 1 atom stereocenters. The molecule has 1 fully saturated rings. The highest BCUT2D eigenvalue weighted by atomic mass is 32.2. The Labute approximate surface area is 246 Å². The van der Waals surface area contributed by atoms with Gasteiger partial charge in [-0.2, -0.15) is 15.6 Å². The normalized spacial score (nSPS) is 19.2. The lowest BCUT2D eigenvalue weighted by atomic mass is 9.83. The number of sulfonamides is 1. The van der Waals surface area contributed by atoms with Gasteiger partial charge in [-0.3, -0.25) is 0 Å². The Morgan fingerprint density at radius 3 is 2.44 bits per heavy atom. The number of para-hydroxylation sites is 1. The van der Waals surface area contributed by atoms with Gasteiger partial charge in [0, 0.05) is 41.8 Å². The number of nitrogens with zero attached hydrogens (tertiary/aromatic N) is 2. The van der Waals surface area contributed by atoms with Gasteiger partial charge >= 0.3 is 0 Å². The van der Waals surface area contributed by atoms with Gasteiger partial charge in [0.25, 0.3) is 0 Å². The highest BCUT2D eigenvalue weighted by molar-refractivity contribution is 7.89. The lowest BCUT2D eigenvalue weighted by molar-refractivity contribution is 0.218. The van der Waals surface area contributed by atoms with Crippen molar-refractivity contribution in [2.75, 3.05) is 18.5 Å². The Bertz CT molecular complexity index is 1720. The third-order valence-corrected chi connectivity index (χ3v) is 11.1. The molecule has 3 aromatic carbocycles. The first-order valence-corrected chi connectivity index (χ1v) is 16.5. The zero-order valence-corrected chi connectivity index (χ0v) is 24.9. The van der Waals surface area contributed by atoms with E-state index in [9.17, 15) is 12.8 Å². The molecular weight excluding hydrogens is 552 g/mol. The molecule has 7 heteroatoms. The summed E-state index contributed by atoms with van der Waals surface area (Å²) in [5, 5.41) is 3.97. The fraction of sp³-hybridized carbons (Fsp3) is 0.294. The second kappa shape index (κ2) is 11.4. The van der Waals surface area contributed by atoms with E-state index in [1.54, 1.807) is 47.8 Å². The van der Waals surface area contributed by atoms with Crippen LogP contribution in [0.3, 0.4) is 0 Å². The van der Waals surface area contributed by atoms with Gasteiger partial charge in [-0.25, -0.2) is 12.8 Å². The molecule has 1 aliphatic heterocycles. The summed E-state index contributed by atoms with van der Waals surface area (Å²) >= 11 is 1.58. The Morgan fingerprint density at radius 2 is 1.73 bits per heavy atom. The molecule has 2 aliphatic rings. The summed E-state index contributed by atoms with van der Waals surface area (Å²) in [5.41, 5.74) is 5.08. The zero-order valence-electron chi connectivity index (χ0n) is 23.3. The number of anilines is 2. The topological polar surface area (TPSA) is 40.6 Å². The Kier molecular flexibility index (Phi) is 7.74. The molecule has 41 heavy (non-hydrogen) atoms. The maximum absolute atomic E-state index is 14.4. The van der Waals surface area contributed by atoms with Gasteiger partial charge in [0.2, 0.25) is 10.0 Å². The summed E-state index contributed by atoms with van der Waals surface area (Å²) in [6, 6.07) is 20.4. The summed E-state index contributed by atoms with van der Waals surface area (Å²) in [7, 11) is -2.11. The molecule has 6 rings (SSSR count). The van der Waals surface area contributed by atoms with Crippen LogP contribution in [0, 0.1) is 30.5 Å². The molecule has 0 spiro atoms. The van der Waals surface area contributed by atoms with Crippen LogP contribution < -0.4 is 4.90 Å². The van der Waals surface area contributed by atoms with Crippen molar-refractivity contribution in [2.45, 2.75) is 50.0 Å². The van der Waals surface area contributed by atoms with Gasteiger partial charge in [-0.1, -0.05) is 55.4 Å². The van der Waals surface area contributed by atoms with Crippen LogP contribution in [-0.2, 0) is 10.0 Å². The summed E-state index contributed by atoms with van der Waals surface area (Å²) in [6.07, 6.45) is 5.52. The number of halogens is 1. The van der Waals surface area contributed by atoms with E-state index < -0.39 is 10.0 Å². The largest absolute Gasteiger partial charge is 0.339 e. The Balaban J connectivity index is 1.60. The molecule has 1 aliphatic carbocycles. The van der Waals surface area contributed by atoms with E-state index in [1.165, 1.54) is 12.5 Å². The van der Waals surface area contributed by atoms with E-state index in [0.717, 1.165) is 42.5 Å². The van der Waals surface area contributed by atoms with Crippen molar-refractivity contribution in [1.82, 2.24) is 4.31 Å². The van der Waals surface area contributed by atoms with Gasteiger partial charge in [-0.05, 0) is 90.2 Å². The van der Waals surface area contributed by atoms with Crippen molar-refractivity contribution in [3.05, 3.63) is 100.0 Å². The summed E-state index contributed by atoms with van der Waals surface area (Å²) in [6.45, 7) is 2.28. The molecule has 0 unspecified atom stereocenters. The number of benzene rings is 3. The fourth-order valence-corrected chi connectivity index (χ4v) is 8.36. The van der Waals surface area contributed by atoms with Crippen LogP contribution in [0.4, 0.5) is 15.8 Å². The number of rotatable bonds is 3. The Hall–Kier alpha value is -3.44. The zero-order chi connectivity index (χ0) is 28.6. The summed E-state index contributed by atoms with van der Waals surface area (Å²) < 4.78 is 44.7. The van der Waals surface area contributed by atoms with E-state index in [4.69, 9.17) is 0 Å². The van der Waals surface area contributed by atoms with Crippen LogP contribution in [0.2, 0.25) is 0 Å². The van der Waals surface area contributed by atoms with E-state index >= 15 is 0 Å². The fourth-order valence-electron chi connectivity index (χ4n) is 6.17. The average molecular weight is 585 g/mol. The van der Waals surface area contributed by atoms with Gasteiger partial charge in [0.1, 0.15) is 10.7 Å². The number of hydrogen-bond acceptors (Lipinski definition) is 4. The van der Waals surface area contributed by atoms with Crippen LogP contribution in [0.15, 0.2) is 82.4 Å². The molecule has 0 amide bonds. The summed E-state index contributed by atoms with van der Waals surface area (Å²) in [4.78, 5) is 2.41. The van der Waals surface area contributed by atoms with E-state index in [-0.39, 0.29) is 16.8 Å². The SMILES string of the molecule is Cc1cc(-c2cc3c(cc2C#Cc2ccsc2)N(c2ccccc2)C[C@@H](C2CCCCC2)N(C)S3(=O)=O)ccc1F. The molecule has 4 nitrogen and oxygen atoms in total. The second-order valence-corrected chi connectivity index (χ2v) is 13.8. The minimum absolute atomic E-state index is 0.162. The number of aryl methyl sites for hydroxylation is 1. The number of fused-ring (bicyclic) bond motifs is 1. The van der Waals surface area contributed by atoms with Gasteiger partial charge in [0.15, 0.2) is 0 Å². The standard InChI is InChI=1S/C34H33FN2O2S2/c1-24-19-27(15-16-31(24)35)30-21-34-32(20-28(30)14-13-25-17-18-40-23-25)37(29-11-7-4-8-12-29)22-33(36(2)41(34,38)39)26-9-5-3-6-10-26/h4,7-8,11-12,15-21,23,26,33H,3,5-6,9-10,22H2,1-2H3/t33-/m0/s1. The summed E-state index contributed by atoms with van der Waals surface area (Å²) in [5.74, 6) is 6.58. The molecule has 1 saturated carbocycles. The van der Waals surface area contributed by atoms with Crippen LogP contribution in [-0.4, -0.2) is 32.4 Å². The maximum atomic E-state index is 14.4. The van der Waals surface area contributed by atoms with Crippen LogP contribution in [0.5, 0.6) is 0 Å². The molecule has 0 saturated heterocycles. The smallest absolute Gasteiger partial charge is 0.245 e. The first kappa shape index (κ1) is 27.7. The molecule has 0 bridgehead atoms. The molecular formula is C34H33FN2O2S2. The number of hydrogen-bond donors (Lipinski definition) is 0. The van der Waals surface area contributed by atoms with Gasteiger partial charge in [-0.15, -0.1) is 0 Å². The van der Waals surface area contributed by atoms with Crippen molar-refractivity contribution in [3.8, 4) is 23.0 Å². The lowest BCUT2D eigenvalue weighted by Gasteiger charge is -2.36. The van der Waals surface area contributed by atoms with E-state index in [1.807, 2.05) is 53.2 Å². The molecule has 1 aromatic heterocycles. The Morgan fingerprint density at radius 1 is 0.951 bits per heavy atom. The monoisotopic (exact) mass is 584 g/mol. The van der Waals surface area contributed by atoms with Crippen molar-refractivity contribution in [2.24, 2.45) is 5.92 Å². The number of likely N-dealkylation sites (N-methyl/N-ethyl adjacent to an activating group) is 1. The highest BCUT2D eigenvalue weighted by Crippen LogP contribution is 2.43. The van der Waals surface area contributed by atoms with Crippen molar-refractivity contribution >= 4 is 32.7 Å². The predicted molar refractivity (Wildman–Crippen MR) is 166 cm³/mol. The molecule has 0 radical (unpaired) electrons. The second-order valence-electron chi connectivity index (χ2n) is 11.0. The minimum atomic E-state index is -3.85. The van der Waals surface area contributed by atoms with Crippen LogP contribution >= 0.6 is 11.3 Å². The minimum Gasteiger partial charge on any atom is -0.339 e. The third-order valence-electron chi connectivity index (χ3n) is 8.48. The first-order chi connectivity index (χ1) is 19.8. The third kappa shape index (κ3) is 5.44. The lowest BCUT2D eigenvalue weighted by Crippen LogP contribution is -2.46. The van der Waals surface area contributed by atoms with E-state index in [2.05, 4.69) is 16.7 Å². The van der Waals surface area contributed by atoms with Crippen molar-refractivity contribution in [3.63, 3.8) is 0 Å². The van der Waals surface area contributed by atoms with Crippen LogP contribution in [0.1, 0.15) is 48.8 Å². The quantitative estimate of drug-likeness (QED) is 0.229. The van der Waals surface area contributed by atoms with Gasteiger partial charge in [0.05, 0.1) is 5.69 Å². The molecule has 4 aromatic rings. The number of thiophene rings is 1. The van der Waals surface area contributed by atoms with E-state index in [0.29, 0.717) is 34.8 Å².